The smallest absolute Gasteiger partial charge is 0.387 e. The van der Waals surface area contributed by atoms with Gasteiger partial charge in [0.2, 0.25) is 5.91 Å². The molecule has 0 bridgehead atoms. The number of nitrogens with one attached hydrogen (secondary N) is 1. The molecule has 0 aromatic heterocycles. The molecule has 440 valence electrons. The minimum Gasteiger partial charge on any atom is -0.387 e. The molecule has 1 amide bonds. The summed E-state index contributed by atoms with van der Waals surface area (Å²) < 4.78 is 23.8. The molecule has 0 aromatic rings. The molecule has 3 atom stereocenters. The molecule has 0 rings (SSSR count). The number of phosphoric ester groups is 1. The number of rotatable bonds is 61. The van der Waals surface area contributed by atoms with Crippen LogP contribution in [0, 0.1) is 0 Å². The van der Waals surface area contributed by atoms with Crippen LogP contribution in [0.1, 0.15) is 335 Å². The van der Waals surface area contributed by atoms with Crippen LogP contribution in [0.3, 0.4) is 0 Å². The molecular formula is C65H130N2O6P+. The quantitative estimate of drug-likeness (QED) is 0.0243. The molecular weight excluding hydrogens is 936 g/mol. The number of carbonyl (C=O) groups excluding carboxylic acids is 1. The van der Waals surface area contributed by atoms with E-state index in [9.17, 15) is 19.4 Å². The van der Waals surface area contributed by atoms with Crippen molar-refractivity contribution in [3.8, 4) is 0 Å². The maximum absolute atomic E-state index is 13.0. The third-order valence-electron chi connectivity index (χ3n) is 15.2. The molecule has 0 heterocycles. The van der Waals surface area contributed by atoms with Gasteiger partial charge in [0.25, 0.3) is 0 Å². The van der Waals surface area contributed by atoms with Crippen LogP contribution in [0.5, 0.6) is 0 Å². The Kier molecular flexibility index (Phi) is 55.9. The first kappa shape index (κ1) is 73.0. The second-order valence-electron chi connectivity index (χ2n) is 23.8. The molecule has 0 saturated heterocycles. The van der Waals surface area contributed by atoms with E-state index in [0.717, 1.165) is 38.5 Å². The molecule has 74 heavy (non-hydrogen) atoms. The van der Waals surface area contributed by atoms with Gasteiger partial charge in [0, 0.05) is 6.42 Å². The minimum absolute atomic E-state index is 0.0590. The summed E-state index contributed by atoms with van der Waals surface area (Å²) in [6, 6.07) is -0.861. The summed E-state index contributed by atoms with van der Waals surface area (Å²) in [4.78, 5) is 23.4. The van der Waals surface area contributed by atoms with Crippen molar-refractivity contribution < 1.29 is 32.9 Å². The largest absolute Gasteiger partial charge is 0.472 e. The summed E-state index contributed by atoms with van der Waals surface area (Å²) in [5.74, 6) is -0.179. The molecule has 8 nitrogen and oxygen atoms in total. The van der Waals surface area contributed by atoms with Gasteiger partial charge < -0.3 is 19.8 Å². The van der Waals surface area contributed by atoms with Crippen molar-refractivity contribution in [3.63, 3.8) is 0 Å². The zero-order valence-corrected chi connectivity index (χ0v) is 51.3. The summed E-state index contributed by atoms with van der Waals surface area (Å²) in [5.41, 5.74) is 0. The second kappa shape index (κ2) is 56.7. The fraction of sp³-hybridized carbons (Fsp3) is 0.923. The van der Waals surface area contributed by atoms with Gasteiger partial charge in [0.15, 0.2) is 0 Å². The Hall–Kier alpha value is -1.02. The minimum atomic E-state index is -4.36. The number of allylic oxidation sites excluding steroid dienone is 3. The summed E-state index contributed by atoms with van der Waals surface area (Å²) >= 11 is 0. The molecule has 0 spiro atoms. The molecule has 0 radical (unpaired) electrons. The van der Waals surface area contributed by atoms with E-state index in [1.54, 1.807) is 6.08 Å². The lowest BCUT2D eigenvalue weighted by Crippen LogP contribution is -2.45. The summed E-state index contributed by atoms with van der Waals surface area (Å²) in [5, 5.41) is 14.0. The summed E-state index contributed by atoms with van der Waals surface area (Å²) in [6.45, 7) is 4.86. The van der Waals surface area contributed by atoms with Crippen molar-refractivity contribution in [1.82, 2.24) is 5.32 Å². The van der Waals surface area contributed by atoms with Crippen LogP contribution in [0.4, 0.5) is 0 Å². The van der Waals surface area contributed by atoms with E-state index in [2.05, 4.69) is 31.3 Å². The number of aliphatic hydroxyl groups excluding tert-OH is 1. The topological polar surface area (TPSA) is 105 Å². The molecule has 9 heteroatoms. The summed E-state index contributed by atoms with van der Waals surface area (Å²) in [7, 11) is 1.57. The van der Waals surface area contributed by atoms with Gasteiger partial charge in [-0.1, -0.05) is 321 Å². The zero-order chi connectivity index (χ0) is 54.2. The number of hydrogen-bond acceptors (Lipinski definition) is 5. The first-order chi connectivity index (χ1) is 36.0. The Labute approximate surface area is 462 Å². The van der Waals surface area contributed by atoms with Gasteiger partial charge in [-0.3, -0.25) is 13.8 Å². The van der Waals surface area contributed by atoms with Crippen LogP contribution in [-0.2, 0) is 18.4 Å². The van der Waals surface area contributed by atoms with Gasteiger partial charge >= 0.3 is 7.82 Å². The monoisotopic (exact) mass is 1070 g/mol. The van der Waals surface area contributed by atoms with Gasteiger partial charge in [0.1, 0.15) is 13.2 Å². The van der Waals surface area contributed by atoms with E-state index in [1.165, 1.54) is 276 Å². The number of amides is 1. The van der Waals surface area contributed by atoms with Gasteiger partial charge in [-0.25, -0.2) is 4.57 Å². The first-order valence-corrected chi connectivity index (χ1v) is 34.2. The molecule has 0 aromatic carbocycles. The first-order valence-electron chi connectivity index (χ1n) is 32.7. The van der Waals surface area contributed by atoms with Crippen molar-refractivity contribution >= 4 is 13.7 Å². The van der Waals surface area contributed by atoms with Crippen LogP contribution < -0.4 is 5.32 Å². The molecule has 0 aliphatic heterocycles. The van der Waals surface area contributed by atoms with E-state index in [-0.39, 0.29) is 19.1 Å². The Bertz CT molecular complexity index is 1260. The Morgan fingerprint density at radius 3 is 1.08 bits per heavy atom. The SMILES string of the molecule is CCCCCCCCCCCCCCCCCCC/C=C/CC/C=C/C(O)C(COP(=O)(O)OCC[N+](C)(C)C)NC(=O)CCCCCCCCCCCCCCCCCCCCCCCCCCCCCCC. The highest BCUT2D eigenvalue weighted by Gasteiger charge is 2.28. The number of unbranched alkanes of at least 4 members (excludes halogenated alkanes) is 46. The fourth-order valence-electron chi connectivity index (χ4n) is 10.1. The van der Waals surface area contributed by atoms with Crippen molar-refractivity contribution in [3.05, 3.63) is 24.3 Å². The molecule has 0 aliphatic rings. The highest BCUT2D eigenvalue weighted by Crippen LogP contribution is 2.43. The van der Waals surface area contributed by atoms with Crippen LogP contribution in [0.25, 0.3) is 0 Å². The van der Waals surface area contributed by atoms with Crippen molar-refractivity contribution in [1.29, 1.82) is 0 Å². The third-order valence-corrected chi connectivity index (χ3v) is 16.2. The summed E-state index contributed by atoms with van der Waals surface area (Å²) in [6.07, 6.45) is 73.2. The molecule has 3 N–H and O–H groups in total. The average Bonchev–Trinajstić information content (AvgIpc) is 3.36. The predicted octanol–water partition coefficient (Wildman–Crippen LogP) is 20.3. The lowest BCUT2D eigenvalue weighted by Gasteiger charge is -2.25. The van der Waals surface area contributed by atoms with E-state index in [1.807, 2.05) is 27.2 Å². The van der Waals surface area contributed by atoms with E-state index in [0.29, 0.717) is 17.4 Å². The Balaban J connectivity index is 4.10. The van der Waals surface area contributed by atoms with Gasteiger partial charge in [-0.05, 0) is 32.1 Å². The van der Waals surface area contributed by atoms with Gasteiger partial charge in [-0.15, -0.1) is 0 Å². The number of hydrogen-bond donors (Lipinski definition) is 3. The van der Waals surface area contributed by atoms with Crippen LogP contribution in [-0.4, -0.2) is 73.4 Å². The van der Waals surface area contributed by atoms with Gasteiger partial charge in [-0.2, -0.15) is 0 Å². The Morgan fingerprint density at radius 1 is 0.446 bits per heavy atom. The molecule has 3 unspecified atom stereocenters. The maximum atomic E-state index is 13.0. The fourth-order valence-corrected chi connectivity index (χ4v) is 10.8. The lowest BCUT2D eigenvalue weighted by atomic mass is 10.0. The predicted molar refractivity (Wildman–Crippen MR) is 323 cm³/mol. The number of quaternary nitrogens is 1. The van der Waals surface area contributed by atoms with Crippen molar-refractivity contribution in [2.75, 3.05) is 40.9 Å². The van der Waals surface area contributed by atoms with Crippen LogP contribution in [0.2, 0.25) is 0 Å². The van der Waals surface area contributed by atoms with Crippen LogP contribution >= 0.6 is 7.82 Å². The molecule has 0 saturated carbocycles. The highest BCUT2D eigenvalue weighted by atomic mass is 31.2. The van der Waals surface area contributed by atoms with E-state index < -0.39 is 20.0 Å². The standard InChI is InChI=1S/C65H129N2O6P/c1-6-8-10-12-14-16-18-20-22-24-26-28-30-31-32-33-34-35-37-39-41-43-45-47-49-51-53-55-57-59-65(69)66-63(62-73-74(70,71)72-61-60-67(3,4)5)64(68)58-56-54-52-50-48-46-44-42-40-38-36-29-27-25-23-21-19-17-15-13-11-9-7-2/h48,50,56,58,63-64,68H,6-47,49,51-55,57,59-62H2,1-5H3,(H-,66,69,70,71)/p+1/b50-48+,58-56+. The number of nitrogens with zero attached hydrogens (tertiary/aromatic N) is 1. The third kappa shape index (κ3) is 58.7. The highest BCUT2D eigenvalue weighted by molar-refractivity contribution is 7.47. The Morgan fingerprint density at radius 2 is 0.743 bits per heavy atom. The molecule has 0 aliphatic carbocycles. The number of carbonyl (C=O) groups is 1. The average molecular weight is 1070 g/mol. The number of phosphoric acid groups is 1. The van der Waals surface area contributed by atoms with Crippen LogP contribution in [0.15, 0.2) is 24.3 Å². The zero-order valence-electron chi connectivity index (χ0n) is 50.4. The number of aliphatic hydroxyl groups is 1. The van der Waals surface area contributed by atoms with Crippen molar-refractivity contribution in [2.45, 2.75) is 347 Å². The van der Waals surface area contributed by atoms with E-state index in [4.69, 9.17) is 9.05 Å². The normalized spacial score (nSPS) is 13.9. The molecule has 0 fully saturated rings. The van der Waals surface area contributed by atoms with Crippen molar-refractivity contribution in [2.24, 2.45) is 0 Å². The lowest BCUT2D eigenvalue weighted by molar-refractivity contribution is -0.870. The number of likely N-dealkylation sites (N-methyl/N-ethyl adjacent to an activating group) is 1. The van der Waals surface area contributed by atoms with Gasteiger partial charge in [0.05, 0.1) is 39.9 Å². The van der Waals surface area contributed by atoms with E-state index >= 15 is 0 Å². The second-order valence-corrected chi connectivity index (χ2v) is 25.3. The maximum Gasteiger partial charge on any atom is 0.472 e.